The molecule has 1 aliphatic heterocycles. The van der Waals surface area contributed by atoms with Gasteiger partial charge in [0.1, 0.15) is 11.4 Å². The molecule has 2 N–H and O–H groups in total. The highest BCUT2D eigenvalue weighted by molar-refractivity contribution is 6.30. The second-order valence-corrected chi connectivity index (χ2v) is 8.49. The maximum absolute atomic E-state index is 13.3. The van der Waals surface area contributed by atoms with Crippen LogP contribution in [0, 0.1) is 5.82 Å². The van der Waals surface area contributed by atoms with Crippen LogP contribution >= 0.6 is 11.6 Å². The van der Waals surface area contributed by atoms with Crippen molar-refractivity contribution >= 4 is 17.7 Å². The van der Waals surface area contributed by atoms with E-state index in [-0.39, 0.29) is 17.5 Å². The predicted molar refractivity (Wildman–Crippen MR) is 116 cm³/mol. The lowest BCUT2D eigenvalue weighted by Gasteiger charge is -2.26. The minimum Gasteiger partial charge on any atom is -0.444 e. The molecule has 0 bridgehead atoms. The number of amides is 1. The smallest absolute Gasteiger partial charge is 0.407 e. The van der Waals surface area contributed by atoms with E-state index in [0.29, 0.717) is 12.6 Å². The number of halogens is 2. The molecule has 158 valence electrons. The van der Waals surface area contributed by atoms with E-state index in [9.17, 15) is 9.18 Å². The molecule has 6 heteroatoms. The molecule has 1 heterocycles. The summed E-state index contributed by atoms with van der Waals surface area (Å²) in [5.41, 5.74) is 3.19. The van der Waals surface area contributed by atoms with Crippen LogP contribution in [0.15, 0.2) is 42.5 Å². The van der Waals surface area contributed by atoms with Crippen LogP contribution in [0.5, 0.6) is 0 Å². The number of nitrogens with one attached hydrogen (secondary N) is 2. The molecule has 1 amide bonds. The maximum atomic E-state index is 13.3. The number of alkyl carbamates (subject to hydrolysis) is 1. The second kappa shape index (κ2) is 10.6. The van der Waals surface area contributed by atoms with Crippen LogP contribution in [0.4, 0.5) is 9.18 Å². The highest BCUT2D eigenvalue weighted by Gasteiger charge is 2.18. The molecule has 0 aliphatic carbocycles. The Labute approximate surface area is 177 Å². The van der Waals surface area contributed by atoms with E-state index in [1.807, 2.05) is 58.0 Å². The molecule has 1 unspecified atom stereocenters. The zero-order valence-corrected chi connectivity index (χ0v) is 18.3. The minimum absolute atomic E-state index is 0.147. The van der Waals surface area contributed by atoms with E-state index in [1.54, 1.807) is 6.07 Å². The molecule has 1 aliphatic rings. The molecule has 29 heavy (non-hydrogen) atoms. The Morgan fingerprint density at radius 2 is 1.90 bits per heavy atom. The first-order valence-electron chi connectivity index (χ1n) is 9.88. The monoisotopic (exact) mass is 420 g/mol. The summed E-state index contributed by atoms with van der Waals surface area (Å²) in [5.74, 6) is -0.147. The number of benzene rings is 2. The summed E-state index contributed by atoms with van der Waals surface area (Å²) < 4.78 is 18.2. The van der Waals surface area contributed by atoms with Gasteiger partial charge in [0, 0.05) is 24.2 Å². The normalized spacial score (nSPS) is 15.6. The number of fused-ring (bicyclic) bond motifs is 1. The summed E-state index contributed by atoms with van der Waals surface area (Å²) in [7, 11) is 0. The third-order valence-corrected chi connectivity index (χ3v) is 4.58. The molecule has 0 aromatic heterocycles. The molecule has 0 fully saturated rings. The average Bonchev–Trinajstić information content (AvgIpc) is 2.62. The van der Waals surface area contributed by atoms with Crippen molar-refractivity contribution in [1.29, 1.82) is 0 Å². The van der Waals surface area contributed by atoms with E-state index >= 15 is 0 Å². The van der Waals surface area contributed by atoms with Gasteiger partial charge in [0.25, 0.3) is 0 Å². The van der Waals surface area contributed by atoms with E-state index in [0.717, 1.165) is 30.0 Å². The third-order valence-electron chi connectivity index (χ3n) is 4.33. The van der Waals surface area contributed by atoms with Gasteiger partial charge < -0.3 is 15.4 Å². The largest absolute Gasteiger partial charge is 0.444 e. The van der Waals surface area contributed by atoms with Crippen molar-refractivity contribution in [2.45, 2.75) is 58.7 Å². The lowest BCUT2D eigenvalue weighted by Crippen LogP contribution is -2.37. The van der Waals surface area contributed by atoms with Crippen molar-refractivity contribution in [1.82, 2.24) is 10.6 Å². The van der Waals surface area contributed by atoms with Crippen LogP contribution in [-0.4, -0.2) is 24.3 Å². The van der Waals surface area contributed by atoms with Gasteiger partial charge in [0.05, 0.1) is 0 Å². The van der Waals surface area contributed by atoms with E-state index in [2.05, 4.69) is 10.6 Å². The molecule has 2 aromatic rings. The molecule has 0 spiro atoms. The maximum Gasteiger partial charge on any atom is 0.407 e. The lowest BCUT2D eigenvalue weighted by atomic mass is 9.92. The molecular weight excluding hydrogens is 391 g/mol. The summed E-state index contributed by atoms with van der Waals surface area (Å²) in [6.45, 7) is 8.78. The molecule has 2 aromatic carbocycles. The minimum atomic E-state index is -0.390. The number of carbonyl (C=O) groups excluding carboxylic acids is 1. The number of ether oxygens (including phenoxy) is 1. The first-order valence-corrected chi connectivity index (χ1v) is 10.3. The molecule has 0 saturated carbocycles. The average molecular weight is 421 g/mol. The van der Waals surface area contributed by atoms with Crippen LogP contribution < -0.4 is 10.6 Å². The van der Waals surface area contributed by atoms with Crippen LogP contribution in [-0.2, 0) is 24.1 Å². The van der Waals surface area contributed by atoms with Crippen LogP contribution in [0.2, 0.25) is 5.02 Å². The fourth-order valence-corrected chi connectivity index (χ4v) is 3.18. The Hall–Kier alpha value is -2.11. The summed E-state index contributed by atoms with van der Waals surface area (Å²) in [4.78, 5) is 10.7. The van der Waals surface area contributed by atoms with Crippen molar-refractivity contribution in [3.63, 3.8) is 0 Å². The Bertz CT molecular complexity index is 804. The number of carbonyl (C=O) groups is 1. The summed E-state index contributed by atoms with van der Waals surface area (Å²) in [6.07, 6.45) is 1.46. The van der Waals surface area contributed by atoms with Crippen molar-refractivity contribution < 1.29 is 13.9 Å². The van der Waals surface area contributed by atoms with Gasteiger partial charge >= 0.3 is 6.09 Å². The van der Waals surface area contributed by atoms with Crippen molar-refractivity contribution in [2.75, 3.05) is 6.54 Å². The van der Waals surface area contributed by atoms with Gasteiger partial charge in [0.2, 0.25) is 0 Å². The standard InChI is InChI=1S/C16H15ClFN.C7H15NO2/c17-14-4-1-11(2-5-14)7-16-9-13-8-15(18)6-3-12(13)10-19-16;1-5-8-6(9)10-7(2,3)4/h1-6,8,16,19H,7,9-10H2;5H2,1-4H3,(H,8,9). The van der Waals surface area contributed by atoms with Gasteiger partial charge in [-0.2, -0.15) is 0 Å². The first-order chi connectivity index (χ1) is 13.7. The van der Waals surface area contributed by atoms with Crippen LogP contribution in [0.3, 0.4) is 0 Å². The summed E-state index contributed by atoms with van der Waals surface area (Å²) >= 11 is 5.88. The topological polar surface area (TPSA) is 50.4 Å². The molecule has 0 radical (unpaired) electrons. The van der Waals surface area contributed by atoms with Crippen LogP contribution in [0.25, 0.3) is 0 Å². The van der Waals surface area contributed by atoms with Gasteiger partial charge in [-0.05, 0) is 81.5 Å². The Kier molecular flexibility index (Phi) is 8.47. The van der Waals surface area contributed by atoms with Crippen molar-refractivity contribution in [3.05, 3.63) is 70.0 Å². The molecular formula is C23H30ClFN2O2. The quantitative estimate of drug-likeness (QED) is 0.711. The van der Waals surface area contributed by atoms with E-state index in [4.69, 9.17) is 16.3 Å². The van der Waals surface area contributed by atoms with Gasteiger partial charge in [-0.3, -0.25) is 0 Å². The SMILES string of the molecule is CCNC(=O)OC(C)(C)C.Fc1ccc2c(c1)CC(Cc1ccc(Cl)cc1)NC2. The van der Waals surface area contributed by atoms with E-state index < -0.39 is 0 Å². The van der Waals surface area contributed by atoms with Gasteiger partial charge in [-0.15, -0.1) is 0 Å². The number of hydrogen-bond acceptors (Lipinski definition) is 3. The zero-order valence-electron chi connectivity index (χ0n) is 17.5. The fraction of sp³-hybridized carbons (Fsp3) is 0.435. The van der Waals surface area contributed by atoms with Crippen molar-refractivity contribution in [2.24, 2.45) is 0 Å². The first kappa shape index (κ1) is 23.2. The number of hydrogen-bond donors (Lipinski definition) is 2. The van der Waals surface area contributed by atoms with E-state index in [1.165, 1.54) is 17.2 Å². The molecule has 0 saturated heterocycles. The summed E-state index contributed by atoms with van der Waals surface area (Å²) in [5, 5.41) is 6.80. The fourth-order valence-electron chi connectivity index (χ4n) is 3.06. The molecule has 1 atom stereocenters. The Balaban J connectivity index is 0.000000257. The highest BCUT2D eigenvalue weighted by Crippen LogP contribution is 2.20. The zero-order chi connectivity index (χ0) is 21.4. The highest BCUT2D eigenvalue weighted by atomic mass is 35.5. The van der Waals surface area contributed by atoms with Crippen LogP contribution in [0.1, 0.15) is 44.4 Å². The van der Waals surface area contributed by atoms with Gasteiger partial charge in [-0.1, -0.05) is 29.8 Å². The van der Waals surface area contributed by atoms with Gasteiger partial charge in [-0.25, -0.2) is 9.18 Å². The Morgan fingerprint density at radius 3 is 2.52 bits per heavy atom. The Morgan fingerprint density at radius 1 is 1.21 bits per heavy atom. The van der Waals surface area contributed by atoms with Crippen molar-refractivity contribution in [3.8, 4) is 0 Å². The second-order valence-electron chi connectivity index (χ2n) is 8.06. The lowest BCUT2D eigenvalue weighted by molar-refractivity contribution is 0.0531. The summed E-state index contributed by atoms with van der Waals surface area (Å²) in [6, 6.07) is 13.3. The number of rotatable bonds is 3. The third kappa shape index (κ3) is 8.42. The predicted octanol–water partition coefficient (Wildman–Crippen LogP) is 5.27. The van der Waals surface area contributed by atoms with Gasteiger partial charge in [0.15, 0.2) is 0 Å². The molecule has 3 rings (SSSR count). The molecule has 4 nitrogen and oxygen atoms in total.